The van der Waals surface area contributed by atoms with E-state index in [0.717, 1.165) is 101 Å². The van der Waals surface area contributed by atoms with Crippen molar-refractivity contribution in [2.75, 3.05) is 9.36 Å². The summed E-state index contributed by atoms with van der Waals surface area (Å²) in [7, 11) is -1.46. The molecule has 2 saturated carbocycles. The van der Waals surface area contributed by atoms with Crippen molar-refractivity contribution in [1.82, 2.24) is 30.2 Å². The van der Waals surface area contributed by atoms with Gasteiger partial charge in [-0.25, -0.2) is 9.97 Å². The molecule has 326 valence electrons. The summed E-state index contributed by atoms with van der Waals surface area (Å²) in [6.45, 7) is 18.0. The van der Waals surface area contributed by atoms with E-state index >= 15 is 0 Å². The molecule has 4 heterocycles. The zero-order valence-electron chi connectivity index (χ0n) is 36.7. The maximum Gasteiger partial charge on any atom is 0.141 e. The van der Waals surface area contributed by atoms with Gasteiger partial charge in [0.2, 0.25) is 0 Å². The van der Waals surface area contributed by atoms with E-state index in [4.69, 9.17) is 29.1 Å². The molecule has 63 heavy (non-hydrogen) atoms. The van der Waals surface area contributed by atoms with Crippen LogP contribution in [-0.4, -0.2) is 56.8 Å². The predicted octanol–water partition coefficient (Wildman–Crippen LogP) is 8.92. The first-order valence-electron chi connectivity index (χ1n) is 21.3. The fourth-order valence-electron chi connectivity index (χ4n) is 7.43. The number of nitrogens with zero attached hydrogens (tertiary/aromatic N) is 4. The van der Waals surface area contributed by atoms with Crippen LogP contribution in [0.3, 0.4) is 0 Å². The van der Waals surface area contributed by atoms with E-state index in [9.17, 15) is 0 Å². The summed E-state index contributed by atoms with van der Waals surface area (Å²) in [5, 5.41) is 25.6. The molecule has 0 atom stereocenters. The SMILES string of the molecule is C=C(B(O)O)c1ccccc1.C=C(c1ccccc1)c1cc(-c2c(C)noc2C)cc2[nH]c(C3CC3)nc12.CCC[I-]C.Cc1noc(C)c1-c1cc(I)c2nc(C3CC3)[nH]c2c1. The zero-order valence-corrected chi connectivity index (χ0v) is 41.0. The van der Waals surface area contributed by atoms with Gasteiger partial charge in [-0.2, -0.15) is 0 Å². The number of imidazole rings is 2. The number of aryl methyl sites for hydroxylation is 4. The fourth-order valence-corrected chi connectivity index (χ4v) is 9.25. The third-order valence-corrected chi connectivity index (χ3v) is 14.0. The monoisotopic (exact) mass is 1070 g/mol. The van der Waals surface area contributed by atoms with Crippen LogP contribution in [0.4, 0.5) is 0 Å². The largest absolute Gasteiger partial charge is 0.361 e. The molecule has 10 rings (SSSR count). The summed E-state index contributed by atoms with van der Waals surface area (Å²) < 4.78 is 13.3. The van der Waals surface area contributed by atoms with Crippen LogP contribution in [0.5, 0.6) is 0 Å². The third kappa shape index (κ3) is 11.1. The third-order valence-electron chi connectivity index (χ3n) is 11.0. The molecule has 4 aromatic heterocycles. The second kappa shape index (κ2) is 20.8. The smallest absolute Gasteiger partial charge is 0.141 e. The minimum Gasteiger partial charge on any atom is -0.361 e. The Morgan fingerprint density at radius 1 is 0.730 bits per heavy atom. The molecule has 0 amide bonds. The molecule has 0 unspecified atom stereocenters. The van der Waals surface area contributed by atoms with Crippen molar-refractivity contribution in [3.63, 3.8) is 0 Å². The molecule has 0 saturated heterocycles. The first kappa shape index (κ1) is 46.2. The van der Waals surface area contributed by atoms with Crippen LogP contribution in [0.15, 0.2) is 107 Å². The van der Waals surface area contributed by atoms with E-state index in [2.05, 4.69) is 104 Å². The molecular weight excluding hydrogens is 1010 g/mol. The maximum absolute atomic E-state index is 8.73. The van der Waals surface area contributed by atoms with Crippen molar-refractivity contribution >= 4 is 62.8 Å². The van der Waals surface area contributed by atoms with Crippen LogP contribution < -0.4 is 21.2 Å². The molecule has 2 fully saturated rings. The van der Waals surface area contributed by atoms with Crippen LogP contribution in [0, 0.1) is 31.3 Å². The number of benzene rings is 4. The summed E-state index contributed by atoms with van der Waals surface area (Å²) in [4.78, 5) is 19.0. The van der Waals surface area contributed by atoms with Gasteiger partial charge in [-0.05, 0) is 134 Å². The van der Waals surface area contributed by atoms with E-state index in [1.54, 1.807) is 12.1 Å². The van der Waals surface area contributed by atoms with Gasteiger partial charge >= 0.3 is 51.0 Å². The van der Waals surface area contributed by atoms with Crippen LogP contribution in [0.25, 0.3) is 55.4 Å². The van der Waals surface area contributed by atoms with Crippen molar-refractivity contribution in [3.8, 4) is 22.3 Å². The van der Waals surface area contributed by atoms with Gasteiger partial charge in [-0.1, -0.05) is 84.1 Å². The number of hydrogen-bond donors (Lipinski definition) is 4. The Bertz CT molecular complexity index is 2800. The van der Waals surface area contributed by atoms with Gasteiger partial charge < -0.3 is 29.1 Å². The quantitative estimate of drug-likeness (QED) is 0.0603. The fraction of sp³-hybridized carbons (Fsp3) is 0.280. The normalized spacial score (nSPS) is 13.2. The average molecular weight is 1070 g/mol. The molecular formula is C50H54BI2N6O4-. The maximum atomic E-state index is 8.73. The first-order chi connectivity index (χ1) is 30.4. The minimum atomic E-state index is -1.46. The van der Waals surface area contributed by atoms with Gasteiger partial charge in [0.05, 0.1) is 27.9 Å². The number of halogens is 2. The summed E-state index contributed by atoms with van der Waals surface area (Å²) >= 11 is 2.96. The van der Waals surface area contributed by atoms with Crippen molar-refractivity contribution in [1.29, 1.82) is 0 Å². The van der Waals surface area contributed by atoms with Gasteiger partial charge in [-0.15, -0.1) is 0 Å². The second-order valence-electron chi connectivity index (χ2n) is 16.0. The van der Waals surface area contributed by atoms with E-state index in [1.165, 1.54) is 40.1 Å². The molecule has 0 bridgehead atoms. The number of H-pyrrole nitrogens is 2. The number of aromatic amines is 2. The Balaban J connectivity index is 0.000000145. The molecule has 4 N–H and O–H groups in total. The molecule has 8 aromatic rings. The molecule has 0 spiro atoms. The van der Waals surface area contributed by atoms with Crippen molar-refractivity contribution < 1.29 is 40.3 Å². The summed E-state index contributed by atoms with van der Waals surface area (Å²) in [5.74, 6) is 5.11. The molecule has 2 aliphatic rings. The number of fused-ring (bicyclic) bond motifs is 2. The Morgan fingerprint density at radius 3 is 1.63 bits per heavy atom. The predicted molar refractivity (Wildman–Crippen MR) is 260 cm³/mol. The molecule has 10 nitrogen and oxygen atoms in total. The second-order valence-corrected chi connectivity index (χ2v) is 19.8. The van der Waals surface area contributed by atoms with Crippen molar-refractivity contribution in [3.05, 3.63) is 153 Å². The van der Waals surface area contributed by atoms with Gasteiger partial charge in [0.25, 0.3) is 0 Å². The van der Waals surface area contributed by atoms with Gasteiger partial charge in [0, 0.05) is 32.1 Å². The van der Waals surface area contributed by atoms with Gasteiger partial charge in [0.1, 0.15) is 28.7 Å². The van der Waals surface area contributed by atoms with Crippen LogP contribution in [0.2, 0.25) is 0 Å². The number of nitrogens with one attached hydrogen (secondary N) is 2. The summed E-state index contributed by atoms with van der Waals surface area (Å²) in [6.07, 6.45) is 6.33. The van der Waals surface area contributed by atoms with E-state index in [0.29, 0.717) is 38.5 Å². The van der Waals surface area contributed by atoms with Gasteiger partial charge in [0.15, 0.2) is 0 Å². The van der Waals surface area contributed by atoms with E-state index < -0.39 is 7.12 Å². The first-order valence-corrected chi connectivity index (χ1v) is 26.0. The summed E-state index contributed by atoms with van der Waals surface area (Å²) in [5.41, 5.74) is 14.6. The Labute approximate surface area is 393 Å². The van der Waals surface area contributed by atoms with Gasteiger partial charge in [-0.3, -0.25) is 0 Å². The molecule has 0 aliphatic heterocycles. The number of aromatic nitrogens is 6. The van der Waals surface area contributed by atoms with Crippen LogP contribution >= 0.6 is 22.6 Å². The topological polar surface area (TPSA) is 150 Å². The number of rotatable bonds is 10. The van der Waals surface area contributed by atoms with Crippen LogP contribution in [-0.2, 0) is 0 Å². The van der Waals surface area contributed by atoms with Crippen molar-refractivity contribution in [2.45, 2.75) is 78.6 Å². The molecule has 2 aliphatic carbocycles. The Hall–Kier alpha value is -4.84. The van der Waals surface area contributed by atoms with E-state index in [1.807, 2.05) is 64.1 Å². The standard InChI is InChI=1S/C23H21N3O.C15H14IN3O.C8H9BO2.C4H10I/c1-13(16-7-5-4-6-8-16)19-11-18(21-14(2)26-27-15(21)3)12-20-22(19)25-23(24-20)17-9-10-17;1-7-13(8(2)20-19-7)10-5-11(16)14-12(6-10)17-15(18-14)9-3-4-9;1-7(9(10)11)8-5-3-2-4-6-8;1-3-4-5-2/h4-8,11-12,17H,1,9-10H2,2-3H3,(H,24,25);5-6,9H,3-4H2,1-2H3,(H,17,18);2-6,10-11H,1H2;3-4H2,1-2H3/q;;;-1. The molecule has 13 heteroatoms. The number of hydrogen-bond acceptors (Lipinski definition) is 8. The van der Waals surface area contributed by atoms with Crippen LogP contribution in [0.1, 0.15) is 102 Å². The molecule has 4 aromatic carbocycles. The number of alkyl halides is 2. The summed E-state index contributed by atoms with van der Waals surface area (Å²) in [6, 6.07) is 28.0. The Kier molecular flexibility index (Phi) is 15.2. The van der Waals surface area contributed by atoms with E-state index in [-0.39, 0.29) is 0 Å². The van der Waals surface area contributed by atoms with Crippen molar-refractivity contribution in [2.24, 2.45) is 0 Å². The zero-order chi connectivity index (χ0) is 44.8. The Morgan fingerprint density at radius 2 is 1.21 bits per heavy atom. The molecule has 0 radical (unpaired) electrons. The minimum absolute atomic E-state index is 0.325. The average Bonchev–Trinajstić information content (AvgIpc) is 4.18.